The van der Waals surface area contributed by atoms with Crippen LogP contribution in [0.15, 0.2) is 24.3 Å². The minimum Gasteiger partial charge on any atom is -0.380 e. The van der Waals surface area contributed by atoms with Gasteiger partial charge in [-0.2, -0.15) is 9.97 Å². The first-order valence-electron chi connectivity index (χ1n) is 14.2. The minimum absolute atomic E-state index is 0.645. The third-order valence-corrected chi connectivity index (χ3v) is 7.82. The summed E-state index contributed by atoms with van der Waals surface area (Å²) in [6.07, 6.45) is 0.788. The molecule has 11 nitrogen and oxygen atoms in total. The Kier molecular flexibility index (Phi) is 7.73. The second kappa shape index (κ2) is 11.5. The number of aromatic nitrogens is 6. The first-order chi connectivity index (χ1) is 19.2. The second-order valence-corrected chi connectivity index (χ2v) is 10.2. The van der Waals surface area contributed by atoms with Crippen LogP contribution in [0.1, 0.15) is 25.5 Å². The summed E-state index contributed by atoms with van der Waals surface area (Å²) < 4.78 is 15.5. The molecule has 0 aliphatic carbocycles. The molecule has 4 aromatic rings. The van der Waals surface area contributed by atoms with Crippen LogP contribution in [0.2, 0.25) is 0 Å². The van der Waals surface area contributed by atoms with Crippen LogP contribution in [0.4, 0.5) is 5.82 Å². The molecule has 2 fully saturated rings. The number of morpholine rings is 1. The van der Waals surface area contributed by atoms with Crippen LogP contribution in [0, 0.1) is 0 Å². The number of hydrogen-bond acceptors (Lipinski definition) is 9. The molecule has 0 unspecified atom stereocenters. The number of fused-ring (bicyclic) bond motifs is 2. The van der Waals surface area contributed by atoms with Gasteiger partial charge in [-0.05, 0) is 19.1 Å². The van der Waals surface area contributed by atoms with Crippen molar-refractivity contribution in [1.29, 1.82) is 0 Å². The highest BCUT2D eigenvalue weighted by Gasteiger charge is 2.25. The molecule has 0 bridgehead atoms. The Hall–Kier alpha value is -3.12. The van der Waals surface area contributed by atoms with Crippen molar-refractivity contribution in [3.63, 3.8) is 0 Å². The van der Waals surface area contributed by atoms with Crippen molar-refractivity contribution in [3.8, 4) is 5.95 Å². The summed E-state index contributed by atoms with van der Waals surface area (Å²) in [7, 11) is 2.08. The van der Waals surface area contributed by atoms with Gasteiger partial charge >= 0.3 is 0 Å². The molecule has 11 heteroatoms. The molecule has 3 aromatic heterocycles. The van der Waals surface area contributed by atoms with Crippen molar-refractivity contribution in [3.05, 3.63) is 35.9 Å². The van der Waals surface area contributed by atoms with Crippen LogP contribution >= 0.6 is 0 Å². The van der Waals surface area contributed by atoms with Gasteiger partial charge in [-0.25, -0.2) is 9.97 Å². The summed E-state index contributed by atoms with van der Waals surface area (Å²) in [5.74, 6) is 3.49. The smallest absolute Gasteiger partial charge is 0.239 e. The van der Waals surface area contributed by atoms with Crippen molar-refractivity contribution in [1.82, 2.24) is 38.9 Å². The van der Waals surface area contributed by atoms with Crippen molar-refractivity contribution in [2.75, 3.05) is 77.1 Å². The predicted molar refractivity (Wildman–Crippen MR) is 152 cm³/mol. The number of rotatable bonds is 9. The number of benzene rings is 1. The van der Waals surface area contributed by atoms with E-state index in [1.54, 1.807) is 0 Å². The zero-order chi connectivity index (χ0) is 26.8. The molecule has 39 heavy (non-hydrogen) atoms. The normalized spacial score (nSPS) is 17.6. The van der Waals surface area contributed by atoms with Crippen molar-refractivity contribution >= 4 is 28.0 Å². The molecule has 1 aromatic carbocycles. The summed E-state index contributed by atoms with van der Waals surface area (Å²) in [5.41, 5.74) is 3.69. The van der Waals surface area contributed by atoms with E-state index in [4.69, 9.17) is 29.4 Å². The van der Waals surface area contributed by atoms with Crippen LogP contribution in [-0.2, 0) is 29.5 Å². The maximum atomic E-state index is 5.65. The van der Waals surface area contributed by atoms with Gasteiger partial charge in [-0.15, -0.1) is 0 Å². The Morgan fingerprint density at radius 3 is 2.41 bits per heavy atom. The van der Waals surface area contributed by atoms with Crippen molar-refractivity contribution < 1.29 is 9.47 Å². The first-order valence-corrected chi connectivity index (χ1v) is 14.2. The Morgan fingerprint density at radius 1 is 0.872 bits per heavy atom. The van der Waals surface area contributed by atoms with Gasteiger partial charge in [0.25, 0.3) is 0 Å². The van der Waals surface area contributed by atoms with Crippen LogP contribution in [-0.4, -0.2) is 111 Å². The SMILES string of the molecule is CCOCCN1CCN(Cc2nc3c(N4CCOCC4)nc(-n4c(CC)nc5ccccc54)nc3n2C)CC1. The molecule has 5 heterocycles. The molecule has 0 radical (unpaired) electrons. The molecule has 2 aliphatic heterocycles. The number of nitrogens with zero attached hydrogens (tertiary/aromatic N) is 9. The lowest BCUT2D eigenvalue weighted by atomic mass is 10.3. The van der Waals surface area contributed by atoms with Crippen LogP contribution < -0.4 is 4.90 Å². The van der Waals surface area contributed by atoms with Gasteiger partial charge in [-0.1, -0.05) is 19.1 Å². The van der Waals surface area contributed by atoms with Gasteiger partial charge in [0.15, 0.2) is 17.0 Å². The Morgan fingerprint density at radius 2 is 1.64 bits per heavy atom. The van der Waals surface area contributed by atoms with E-state index in [-0.39, 0.29) is 0 Å². The largest absolute Gasteiger partial charge is 0.380 e. The molecule has 0 atom stereocenters. The van der Waals surface area contributed by atoms with E-state index in [0.29, 0.717) is 19.2 Å². The number of imidazole rings is 2. The second-order valence-electron chi connectivity index (χ2n) is 10.2. The van der Waals surface area contributed by atoms with Crippen LogP contribution in [0.5, 0.6) is 0 Å². The molecule has 0 N–H and O–H groups in total. The molecule has 0 amide bonds. The maximum absolute atomic E-state index is 5.65. The van der Waals surface area contributed by atoms with E-state index in [1.165, 1.54) is 0 Å². The van der Waals surface area contributed by atoms with Gasteiger partial charge < -0.3 is 18.9 Å². The maximum Gasteiger partial charge on any atom is 0.239 e. The molecule has 0 saturated carbocycles. The number of ether oxygens (including phenoxy) is 2. The fraction of sp³-hybridized carbons (Fsp3) is 0.571. The van der Waals surface area contributed by atoms with E-state index in [9.17, 15) is 0 Å². The summed E-state index contributed by atoms with van der Waals surface area (Å²) >= 11 is 0. The number of para-hydroxylation sites is 2. The van der Waals surface area contributed by atoms with E-state index < -0.39 is 0 Å². The van der Waals surface area contributed by atoms with E-state index >= 15 is 0 Å². The van der Waals surface area contributed by atoms with Crippen molar-refractivity contribution in [2.45, 2.75) is 26.8 Å². The van der Waals surface area contributed by atoms with Gasteiger partial charge in [0, 0.05) is 65.9 Å². The van der Waals surface area contributed by atoms with E-state index in [0.717, 1.165) is 112 Å². The molecule has 2 saturated heterocycles. The number of aryl methyl sites for hydroxylation is 2. The lowest BCUT2D eigenvalue weighted by Gasteiger charge is -2.34. The zero-order valence-corrected chi connectivity index (χ0v) is 23.3. The summed E-state index contributed by atoms with van der Waals surface area (Å²) in [4.78, 5) is 27.5. The zero-order valence-electron chi connectivity index (χ0n) is 23.3. The summed E-state index contributed by atoms with van der Waals surface area (Å²) in [6, 6.07) is 8.20. The standard InChI is InChI=1S/C28H39N9O2/c1-4-23-29-21-8-6-7-9-22(21)37(23)28-31-26-25(27(32-28)36-15-18-39-19-16-36)30-24(33(26)3)20-35-12-10-34(11-13-35)14-17-38-5-2/h6-9H,4-5,10-20H2,1-3H3. The molecular formula is C28H39N9O2. The van der Waals surface area contributed by atoms with Gasteiger partial charge in [0.1, 0.15) is 11.6 Å². The predicted octanol–water partition coefficient (Wildman–Crippen LogP) is 2.26. The Labute approximate surface area is 229 Å². The van der Waals surface area contributed by atoms with Crippen LogP contribution in [0.25, 0.3) is 28.1 Å². The van der Waals surface area contributed by atoms with Gasteiger partial charge in [0.05, 0.1) is 37.4 Å². The fourth-order valence-electron chi connectivity index (χ4n) is 5.56. The lowest BCUT2D eigenvalue weighted by Crippen LogP contribution is -2.47. The minimum atomic E-state index is 0.645. The Balaban J connectivity index is 1.35. The highest BCUT2D eigenvalue weighted by atomic mass is 16.5. The summed E-state index contributed by atoms with van der Waals surface area (Å²) in [5, 5.41) is 0. The average Bonchev–Trinajstić information content (AvgIpc) is 3.51. The molecule has 6 rings (SSSR count). The first kappa shape index (κ1) is 26.1. The van der Waals surface area contributed by atoms with Crippen molar-refractivity contribution in [2.24, 2.45) is 7.05 Å². The topological polar surface area (TPSA) is 89.6 Å². The quantitative estimate of drug-likeness (QED) is 0.301. The molecule has 2 aliphatic rings. The highest BCUT2D eigenvalue weighted by Crippen LogP contribution is 2.28. The van der Waals surface area contributed by atoms with Crippen LogP contribution in [0.3, 0.4) is 0 Å². The number of anilines is 1. The lowest BCUT2D eigenvalue weighted by molar-refractivity contribution is 0.0775. The monoisotopic (exact) mass is 533 g/mol. The number of piperazine rings is 1. The molecular weight excluding hydrogens is 494 g/mol. The third kappa shape index (κ3) is 5.23. The fourth-order valence-corrected chi connectivity index (χ4v) is 5.56. The van der Waals surface area contributed by atoms with Gasteiger partial charge in [-0.3, -0.25) is 14.4 Å². The van der Waals surface area contributed by atoms with E-state index in [1.807, 2.05) is 25.1 Å². The molecule has 208 valence electrons. The average molecular weight is 534 g/mol. The molecule has 0 spiro atoms. The van der Waals surface area contributed by atoms with Gasteiger partial charge in [0.2, 0.25) is 5.95 Å². The third-order valence-electron chi connectivity index (χ3n) is 7.82. The van der Waals surface area contributed by atoms with E-state index in [2.05, 4.69) is 43.9 Å². The Bertz CT molecular complexity index is 1420. The number of hydrogen-bond donors (Lipinski definition) is 0. The highest BCUT2D eigenvalue weighted by molar-refractivity contribution is 5.86. The summed E-state index contributed by atoms with van der Waals surface area (Å²) in [6.45, 7) is 14.6.